The van der Waals surface area contributed by atoms with Crippen LogP contribution in [0.3, 0.4) is 0 Å². The van der Waals surface area contributed by atoms with Crippen LogP contribution < -0.4 is 10.3 Å². The third kappa shape index (κ3) is 1.43. The number of nitrogens with zero attached hydrogens (tertiary/aromatic N) is 1. The van der Waals surface area contributed by atoms with Gasteiger partial charge in [0.2, 0.25) is 0 Å². The smallest absolute Gasteiger partial charge is 0.261 e. The second kappa shape index (κ2) is 3.97. The van der Waals surface area contributed by atoms with Crippen LogP contribution in [0.1, 0.15) is 5.56 Å². The van der Waals surface area contributed by atoms with Gasteiger partial charge in [-0.15, -0.1) is 0 Å². The number of hydrogen-bond donors (Lipinski definition) is 0. The Hall–Kier alpha value is -2.55. The Bertz CT molecular complexity index is 893. The molecule has 98 valence electrons. The molecule has 3 nitrogen and oxygen atoms in total. The fraction of sp³-hybridized carbons (Fsp3) is 0.118. The number of hydrogen-bond acceptors (Lipinski definition) is 2. The minimum Gasteiger partial charge on any atom is -0.472 e. The van der Waals surface area contributed by atoms with Gasteiger partial charge in [-0.3, -0.25) is 9.36 Å². The van der Waals surface area contributed by atoms with Gasteiger partial charge < -0.3 is 4.74 Å². The summed E-state index contributed by atoms with van der Waals surface area (Å²) in [6.45, 7) is 2.30. The molecule has 20 heavy (non-hydrogen) atoms. The van der Waals surface area contributed by atoms with E-state index in [0.29, 0.717) is 0 Å². The maximum atomic E-state index is 12.6. The third-order valence-corrected chi connectivity index (χ3v) is 3.88. The van der Waals surface area contributed by atoms with Crippen LogP contribution in [-0.4, -0.2) is 4.57 Å². The molecule has 3 aromatic rings. The molecule has 1 aromatic heterocycles. The first-order valence-corrected chi connectivity index (χ1v) is 6.61. The number of benzene rings is 2. The van der Waals surface area contributed by atoms with Gasteiger partial charge in [0.1, 0.15) is 5.75 Å². The van der Waals surface area contributed by atoms with Gasteiger partial charge in [-0.1, -0.05) is 24.3 Å². The van der Waals surface area contributed by atoms with Crippen molar-refractivity contribution in [3.63, 3.8) is 0 Å². The van der Waals surface area contributed by atoms with Gasteiger partial charge in [-0.05, 0) is 42.1 Å². The van der Waals surface area contributed by atoms with Crippen LogP contribution in [-0.2, 0) is 6.73 Å². The zero-order valence-corrected chi connectivity index (χ0v) is 11.1. The predicted molar refractivity (Wildman–Crippen MR) is 79.0 cm³/mol. The highest BCUT2D eigenvalue weighted by atomic mass is 16.5. The molecule has 3 heteroatoms. The Balaban J connectivity index is 2.16. The molecule has 4 rings (SSSR count). The lowest BCUT2D eigenvalue weighted by atomic mass is 10.0. The largest absolute Gasteiger partial charge is 0.472 e. The third-order valence-electron chi connectivity index (χ3n) is 3.88. The summed E-state index contributed by atoms with van der Waals surface area (Å²) in [4.78, 5) is 12.6. The van der Waals surface area contributed by atoms with E-state index >= 15 is 0 Å². The van der Waals surface area contributed by atoms with Crippen molar-refractivity contribution < 1.29 is 4.74 Å². The fourth-order valence-electron chi connectivity index (χ4n) is 2.82. The lowest BCUT2D eigenvalue weighted by molar-refractivity contribution is 0.226. The number of pyridine rings is 1. The van der Waals surface area contributed by atoms with Gasteiger partial charge in [-0.25, -0.2) is 0 Å². The molecule has 2 aromatic carbocycles. The molecule has 0 radical (unpaired) electrons. The second-order valence-electron chi connectivity index (χ2n) is 5.07. The van der Waals surface area contributed by atoms with Gasteiger partial charge in [0, 0.05) is 10.9 Å². The number of ether oxygens (including phenoxy) is 1. The van der Waals surface area contributed by atoms with Crippen LogP contribution in [0.2, 0.25) is 0 Å². The fourth-order valence-corrected chi connectivity index (χ4v) is 2.82. The molecule has 0 unspecified atom stereocenters. The van der Waals surface area contributed by atoms with Crippen molar-refractivity contribution in [3.05, 3.63) is 64.4 Å². The SMILES string of the molecule is Cc1cccc2c(=O)n3c(cc12)-c1ccccc1OC3. The van der Waals surface area contributed by atoms with E-state index < -0.39 is 0 Å². The van der Waals surface area contributed by atoms with E-state index in [4.69, 9.17) is 4.74 Å². The summed E-state index contributed by atoms with van der Waals surface area (Å²) in [6.07, 6.45) is 0. The van der Waals surface area contributed by atoms with Crippen molar-refractivity contribution in [2.24, 2.45) is 0 Å². The van der Waals surface area contributed by atoms with Crippen LogP contribution in [0, 0.1) is 6.92 Å². The van der Waals surface area contributed by atoms with E-state index in [9.17, 15) is 4.79 Å². The number of aromatic nitrogens is 1. The Morgan fingerprint density at radius 1 is 1.05 bits per heavy atom. The Morgan fingerprint density at radius 2 is 1.90 bits per heavy atom. The van der Waals surface area contributed by atoms with Crippen LogP contribution in [0.15, 0.2) is 53.3 Å². The molecule has 1 aliphatic heterocycles. The van der Waals surface area contributed by atoms with E-state index in [1.807, 2.05) is 49.4 Å². The van der Waals surface area contributed by atoms with Gasteiger partial charge in [0.25, 0.3) is 5.56 Å². The molecule has 0 spiro atoms. The molecule has 0 atom stereocenters. The molecule has 0 saturated heterocycles. The first kappa shape index (κ1) is 11.3. The van der Waals surface area contributed by atoms with E-state index in [1.165, 1.54) is 0 Å². The number of para-hydroxylation sites is 1. The lowest BCUT2D eigenvalue weighted by Crippen LogP contribution is -2.27. The summed E-state index contributed by atoms with van der Waals surface area (Å²) in [5, 5.41) is 1.76. The Morgan fingerprint density at radius 3 is 2.80 bits per heavy atom. The zero-order valence-electron chi connectivity index (χ0n) is 11.1. The van der Waals surface area contributed by atoms with Crippen molar-refractivity contribution in [2.75, 3.05) is 0 Å². The number of fused-ring (bicyclic) bond motifs is 4. The average molecular weight is 263 g/mol. The molecule has 0 N–H and O–H groups in total. The first-order chi connectivity index (χ1) is 9.75. The van der Waals surface area contributed by atoms with E-state index in [0.717, 1.165) is 33.3 Å². The molecule has 0 amide bonds. The minimum absolute atomic E-state index is 0.00991. The highest BCUT2D eigenvalue weighted by Gasteiger charge is 2.19. The van der Waals surface area contributed by atoms with Crippen molar-refractivity contribution in [1.82, 2.24) is 4.57 Å². The molecular weight excluding hydrogens is 250 g/mol. The zero-order chi connectivity index (χ0) is 13.7. The summed E-state index contributed by atoms with van der Waals surface area (Å²) in [5.74, 6) is 0.833. The van der Waals surface area contributed by atoms with E-state index in [1.54, 1.807) is 4.57 Å². The summed E-state index contributed by atoms with van der Waals surface area (Å²) in [7, 11) is 0. The van der Waals surface area contributed by atoms with Gasteiger partial charge in [0.05, 0.1) is 5.69 Å². The van der Waals surface area contributed by atoms with Gasteiger partial charge in [-0.2, -0.15) is 0 Å². The van der Waals surface area contributed by atoms with Crippen molar-refractivity contribution in [1.29, 1.82) is 0 Å². The van der Waals surface area contributed by atoms with E-state index in [2.05, 4.69) is 6.07 Å². The van der Waals surface area contributed by atoms with Crippen LogP contribution in [0.4, 0.5) is 0 Å². The molecule has 0 bridgehead atoms. The summed E-state index contributed by atoms with van der Waals surface area (Å²) in [6, 6.07) is 15.7. The van der Waals surface area contributed by atoms with Crippen LogP contribution >= 0.6 is 0 Å². The quantitative estimate of drug-likeness (QED) is 0.623. The number of rotatable bonds is 0. The normalized spacial score (nSPS) is 12.7. The van der Waals surface area contributed by atoms with Crippen molar-refractivity contribution in [3.8, 4) is 17.0 Å². The monoisotopic (exact) mass is 263 g/mol. The van der Waals surface area contributed by atoms with Gasteiger partial charge >= 0.3 is 0 Å². The molecule has 0 saturated carbocycles. The summed E-state index contributed by atoms with van der Waals surface area (Å²) in [5.41, 5.74) is 3.03. The summed E-state index contributed by atoms with van der Waals surface area (Å²) < 4.78 is 7.37. The molecular formula is C17H13NO2. The highest BCUT2D eigenvalue weighted by Crippen LogP contribution is 2.34. The van der Waals surface area contributed by atoms with Crippen molar-refractivity contribution >= 4 is 10.8 Å². The highest BCUT2D eigenvalue weighted by molar-refractivity contribution is 5.89. The maximum absolute atomic E-state index is 12.6. The van der Waals surface area contributed by atoms with E-state index in [-0.39, 0.29) is 12.3 Å². The molecule has 0 fully saturated rings. The molecule has 2 heterocycles. The molecule has 1 aliphatic rings. The van der Waals surface area contributed by atoms with Gasteiger partial charge in [0.15, 0.2) is 6.73 Å². The predicted octanol–water partition coefficient (Wildman–Crippen LogP) is 3.33. The maximum Gasteiger partial charge on any atom is 0.261 e. The Labute approximate surface area is 116 Å². The van der Waals surface area contributed by atoms with Crippen molar-refractivity contribution in [2.45, 2.75) is 13.7 Å². The lowest BCUT2D eigenvalue weighted by Gasteiger charge is -2.23. The summed E-state index contributed by atoms with van der Waals surface area (Å²) >= 11 is 0. The standard InChI is InChI=1S/C17H13NO2/c1-11-5-4-7-12-14(11)9-15-13-6-2-3-8-16(13)20-10-18(15)17(12)19/h2-9H,10H2,1H3. The molecule has 0 aliphatic carbocycles. The average Bonchev–Trinajstić information content (AvgIpc) is 2.48. The Kier molecular flexibility index (Phi) is 2.24. The van der Waals surface area contributed by atoms with Crippen LogP contribution in [0.25, 0.3) is 22.0 Å². The van der Waals surface area contributed by atoms with Crippen LogP contribution in [0.5, 0.6) is 5.75 Å². The number of aryl methyl sites for hydroxylation is 1. The minimum atomic E-state index is 0.00991. The first-order valence-electron chi connectivity index (χ1n) is 6.61. The topological polar surface area (TPSA) is 31.2 Å². The second-order valence-corrected chi connectivity index (χ2v) is 5.07.